The maximum atomic E-state index is 12.3. The molecular formula is C18H15Cl2NO4. The predicted octanol–water partition coefficient (Wildman–Crippen LogP) is 4.73. The highest BCUT2D eigenvalue weighted by atomic mass is 35.5. The highest BCUT2D eigenvalue weighted by Crippen LogP contribution is 2.37. The number of hydrogen-bond acceptors (Lipinski definition) is 3. The summed E-state index contributed by atoms with van der Waals surface area (Å²) >= 11 is 12.4. The molecule has 0 saturated heterocycles. The summed E-state index contributed by atoms with van der Waals surface area (Å²) in [7, 11) is 0. The third-order valence-corrected chi connectivity index (χ3v) is 4.37. The van der Waals surface area contributed by atoms with Crippen LogP contribution in [0.4, 0.5) is 5.69 Å². The summed E-state index contributed by atoms with van der Waals surface area (Å²) in [4.78, 5) is 23.2. The lowest BCUT2D eigenvalue weighted by molar-refractivity contribution is 0.0696. The van der Waals surface area contributed by atoms with Gasteiger partial charge in [0.2, 0.25) is 0 Å². The number of carbonyl (C=O) groups excluding carboxylic acids is 1. The van der Waals surface area contributed by atoms with E-state index in [4.69, 9.17) is 33.0 Å². The summed E-state index contributed by atoms with van der Waals surface area (Å²) in [6.07, 6.45) is 2.30. The van der Waals surface area contributed by atoms with E-state index in [-0.39, 0.29) is 21.2 Å². The van der Waals surface area contributed by atoms with Crippen molar-refractivity contribution < 1.29 is 19.4 Å². The molecule has 1 fully saturated rings. The van der Waals surface area contributed by atoms with Gasteiger partial charge in [-0.2, -0.15) is 0 Å². The fraction of sp³-hybridized carbons (Fsp3) is 0.222. The molecule has 0 unspecified atom stereocenters. The fourth-order valence-electron chi connectivity index (χ4n) is 2.21. The number of nitrogens with one attached hydrogen (secondary N) is 1. The second-order valence-electron chi connectivity index (χ2n) is 5.86. The first kappa shape index (κ1) is 17.6. The lowest BCUT2D eigenvalue weighted by Gasteiger charge is -2.12. The minimum Gasteiger partial charge on any atom is -0.490 e. The average Bonchev–Trinajstić information content (AvgIpc) is 3.38. The van der Waals surface area contributed by atoms with Crippen LogP contribution in [0, 0.1) is 5.92 Å². The van der Waals surface area contributed by atoms with Crippen LogP contribution < -0.4 is 10.1 Å². The number of carbonyl (C=O) groups is 2. The van der Waals surface area contributed by atoms with Crippen LogP contribution in [0.25, 0.3) is 0 Å². The van der Waals surface area contributed by atoms with Gasteiger partial charge in [-0.25, -0.2) is 4.79 Å². The maximum absolute atomic E-state index is 12.3. The zero-order valence-corrected chi connectivity index (χ0v) is 14.6. The summed E-state index contributed by atoms with van der Waals surface area (Å²) in [6, 6.07) is 8.84. The van der Waals surface area contributed by atoms with Gasteiger partial charge in [0.15, 0.2) is 5.75 Å². The molecule has 7 heteroatoms. The second kappa shape index (κ2) is 7.33. The third-order valence-electron chi connectivity index (χ3n) is 3.81. The van der Waals surface area contributed by atoms with Crippen LogP contribution in [-0.4, -0.2) is 23.6 Å². The Labute approximate surface area is 154 Å². The molecule has 2 aromatic rings. The number of anilines is 1. The van der Waals surface area contributed by atoms with Crippen LogP contribution >= 0.6 is 23.2 Å². The quantitative estimate of drug-likeness (QED) is 0.760. The van der Waals surface area contributed by atoms with Crippen molar-refractivity contribution in [1.29, 1.82) is 0 Å². The van der Waals surface area contributed by atoms with Gasteiger partial charge < -0.3 is 15.2 Å². The van der Waals surface area contributed by atoms with E-state index >= 15 is 0 Å². The highest BCUT2D eigenvalue weighted by molar-refractivity contribution is 6.37. The summed E-state index contributed by atoms with van der Waals surface area (Å²) in [6.45, 7) is 0.570. The normalized spacial score (nSPS) is 13.4. The van der Waals surface area contributed by atoms with E-state index in [1.807, 2.05) is 0 Å². The number of carboxylic acid groups (broad SMARTS) is 1. The lowest BCUT2D eigenvalue weighted by atomic mass is 10.1. The molecule has 1 amide bonds. The van der Waals surface area contributed by atoms with Crippen LogP contribution in [-0.2, 0) is 0 Å². The van der Waals surface area contributed by atoms with Gasteiger partial charge in [0.1, 0.15) is 0 Å². The van der Waals surface area contributed by atoms with E-state index in [0.29, 0.717) is 24.0 Å². The number of amides is 1. The van der Waals surface area contributed by atoms with Crippen molar-refractivity contribution in [1.82, 2.24) is 0 Å². The zero-order chi connectivity index (χ0) is 18.0. The second-order valence-corrected chi connectivity index (χ2v) is 6.67. The van der Waals surface area contributed by atoms with Crippen LogP contribution in [0.1, 0.15) is 33.6 Å². The molecule has 2 aromatic carbocycles. The smallest absolute Gasteiger partial charge is 0.335 e. The fourth-order valence-corrected chi connectivity index (χ4v) is 2.81. The van der Waals surface area contributed by atoms with Crippen LogP contribution in [0.2, 0.25) is 10.0 Å². The Balaban J connectivity index is 1.71. The van der Waals surface area contributed by atoms with Gasteiger partial charge >= 0.3 is 5.97 Å². The van der Waals surface area contributed by atoms with Crippen LogP contribution in [0.3, 0.4) is 0 Å². The van der Waals surface area contributed by atoms with Crippen molar-refractivity contribution in [2.75, 3.05) is 11.9 Å². The topological polar surface area (TPSA) is 75.6 Å². The molecule has 0 aliphatic heterocycles. The molecule has 0 heterocycles. The SMILES string of the molecule is O=C(O)c1ccc(NC(=O)c2cc(Cl)c(OCC3CC3)c(Cl)c2)cc1. The first-order valence-corrected chi connectivity index (χ1v) is 8.46. The largest absolute Gasteiger partial charge is 0.490 e. The predicted molar refractivity (Wildman–Crippen MR) is 96.0 cm³/mol. The van der Waals surface area contributed by atoms with Crippen molar-refractivity contribution in [2.45, 2.75) is 12.8 Å². The lowest BCUT2D eigenvalue weighted by Crippen LogP contribution is -2.12. The van der Waals surface area contributed by atoms with E-state index in [1.165, 1.54) is 36.4 Å². The van der Waals surface area contributed by atoms with Gasteiger partial charge in [-0.1, -0.05) is 23.2 Å². The molecule has 0 radical (unpaired) electrons. The Kier molecular flexibility index (Phi) is 5.16. The van der Waals surface area contributed by atoms with Crippen molar-refractivity contribution in [3.63, 3.8) is 0 Å². The van der Waals surface area contributed by atoms with Crippen molar-refractivity contribution in [3.8, 4) is 5.75 Å². The van der Waals surface area contributed by atoms with Gasteiger partial charge in [0.25, 0.3) is 5.91 Å². The van der Waals surface area contributed by atoms with E-state index in [9.17, 15) is 9.59 Å². The minimum absolute atomic E-state index is 0.140. The number of benzene rings is 2. The average molecular weight is 380 g/mol. The number of rotatable bonds is 6. The number of halogens is 2. The molecule has 1 saturated carbocycles. The third kappa shape index (κ3) is 4.44. The molecule has 0 bridgehead atoms. The van der Waals surface area contributed by atoms with E-state index < -0.39 is 11.9 Å². The highest BCUT2D eigenvalue weighted by Gasteiger charge is 2.23. The zero-order valence-electron chi connectivity index (χ0n) is 13.1. The molecule has 0 atom stereocenters. The van der Waals surface area contributed by atoms with E-state index in [2.05, 4.69) is 5.32 Å². The molecule has 2 N–H and O–H groups in total. The number of carboxylic acids is 1. The van der Waals surface area contributed by atoms with Gasteiger partial charge in [0.05, 0.1) is 22.2 Å². The molecule has 3 rings (SSSR count). The summed E-state index contributed by atoms with van der Waals surface area (Å²) in [5.74, 6) is -0.486. The Morgan fingerprint density at radius 1 is 1.08 bits per heavy atom. The van der Waals surface area contributed by atoms with E-state index in [0.717, 1.165) is 12.8 Å². The Hall–Kier alpha value is -2.24. The summed E-state index contributed by atoms with van der Waals surface area (Å²) in [5, 5.41) is 12.1. The van der Waals surface area contributed by atoms with Gasteiger partial charge in [0, 0.05) is 11.3 Å². The molecule has 25 heavy (non-hydrogen) atoms. The molecule has 130 valence electrons. The van der Waals surface area contributed by atoms with E-state index in [1.54, 1.807) is 0 Å². The first-order chi connectivity index (χ1) is 11.9. The van der Waals surface area contributed by atoms with Crippen molar-refractivity contribution in [2.24, 2.45) is 5.92 Å². The molecular weight excluding hydrogens is 365 g/mol. The van der Waals surface area contributed by atoms with Gasteiger partial charge in [-0.05, 0) is 55.2 Å². The monoisotopic (exact) mass is 379 g/mol. The Morgan fingerprint density at radius 2 is 1.68 bits per heavy atom. The number of ether oxygens (including phenoxy) is 1. The molecule has 5 nitrogen and oxygen atoms in total. The molecule has 0 aromatic heterocycles. The molecule has 0 spiro atoms. The molecule has 1 aliphatic carbocycles. The Morgan fingerprint density at radius 3 is 2.20 bits per heavy atom. The van der Waals surface area contributed by atoms with Gasteiger partial charge in [-0.15, -0.1) is 0 Å². The summed E-state index contributed by atoms with van der Waals surface area (Å²) < 4.78 is 5.63. The van der Waals surface area contributed by atoms with Crippen molar-refractivity contribution in [3.05, 3.63) is 57.6 Å². The standard InChI is InChI=1S/C18H15Cl2NO4/c19-14-7-12(8-15(20)16(14)25-9-10-1-2-10)17(22)21-13-5-3-11(4-6-13)18(23)24/h3-8,10H,1-2,9H2,(H,21,22)(H,23,24). The first-order valence-electron chi connectivity index (χ1n) is 7.70. The maximum Gasteiger partial charge on any atom is 0.335 e. The van der Waals surface area contributed by atoms with Crippen LogP contribution in [0.15, 0.2) is 36.4 Å². The van der Waals surface area contributed by atoms with Crippen LogP contribution in [0.5, 0.6) is 5.75 Å². The minimum atomic E-state index is -1.03. The Bertz CT molecular complexity index is 793. The van der Waals surface area contributed by atoms with Crippen molar-refractivity contribution >= 4 is 40.8 Å². The molecule has 1 aliphatic rings. The summed E-state index contributed by atoms with van der Waals surface area (Å²) in [5.41, 5.74) is 0.897. The number of aromatic carboxylic acids is 1. The number of hydrogen-bond donors (Lipinski definition) is 2. The van der Waals surface area contributed by atoms with Gasteiger partial charge in [-0.3, -0.25) is 4.79 Å².